The van der Waals surface area contributed by atoms with E-state index in [4.69, 9.17) is 21.4 Å². The van der Waals surface area contributed by atoms with Crippen molar-refractivity contribution in [1.82, 2.24) is 0 Å². The molecule has 0 spiro atoms. The van der Waals surface area contributed by atoms with Crippen molar-refractivity contribution in [2.75, 3.05) is 0 Å². The van der Waals surface area contributed by atoms with Crippen molar-refractivity contribution in [3.8, 4) is 5.75 Å². The summed E-state index contributed by atoms with van der Waals surface area (Å²) >= 11 is 5.61. The van der Waals surface area contributed by atoms with Crippen molar-refractivity contribution < 1.29 is 23.4 Å². The summed E-state index contributed by atoms with van der Waals surface area (Å²) in [6.45, 7) is -0.161. The van der Waals surface area contributed by atoms with Crippen molar-refractivity contribution in [2.24, 2.45) is 0 Å². The van der Waals surface area contributed by atoms with Crippen molar-refractivity contribution in [2.45, 2.75) is 6.61 Å². The minimum atomic E-state index is -1.27. The first-order chi connectivity index (χ1) is 9.45. The monoisotopic (exact) mass is 298 g/mol. The number of aromatic carboxylic acids is 1. The summed E-state index contributed by atoms with van der Waals surface area (Å²) in [4.78, 5) is 10.8. The lowest BCUT2D eigenvalue weighted by Crippen LogP contribution is -2.02. The van der Waals surface area contributed by atoms with E-state index in [1.165, 1.54) is 18.2 Å². The third-order valence-electron chi connectivity index (χ3n) is 2.53. The summed E-state index contributed by atoms with van der Waals surface area (Å²) in [5.74, 6) is -2.55. The van der Waals surface area contributed by atoms with Gasteiger partial charge in [-0.15, -0.1) is 0 Å². The first kappa shape index (κ1) is 14.3. The third kappa shape index (κ3) is 3.45. The van der Waals surface area contributed by atoms with E-state index in [2.05, 4.69) is 0 Å². The van der Waals surface area contributed by atoms with E-state index in [0.717, 1.165) is 18.2 Å². The predicted octanol–water partition coefficient (Wildman–Crippen LogP) is 3.90. The van der Waals surface area contributed by atoms with Gasteiger partial charge in [0.15, 0.2) is 0 Å². The molecule has 0 amide bonds. The second-order valence-electron chi connectivity index (χ2n) is 4.01. The highest BCUT2D eigenvalue weighted by molar-refractivity contribution is 6.30. The molecule has 104 valence electrons. The topological polar surface area (TPSA) is 46.5 Å². The molecule has 0 bridgehead atoms. The zero-order valence-electron chi connectivity index (χ0n) is 10.1. The smallest absolute Gasteiger partial charge is 0.335 e. The largest absolute Gasteiger partial charge is 0.489 e. The average molecular weight is 299 g/mol. The Morgan fingerprint density at radius 2 is 1.95 bits per heavy atom. The minimum Gasteiger partial charge on any atom is -0.489 e. The molecule has 3 nitrogen and oxygen atoms in total. The van der Waals surface area contributed by atoms with E-state index in [9.17, 15) is 13.6 Å². The number of hydrogen-bond acceptors (Lipinski definition) is 2. The van der Waals surface area contributed by atoms with Gasteiger partial charge in [0.05, 0.1) is 5.56 Å². The lowest BCUT2D eigenvalue weighted by atomic mass is 10.2. The molecule has 0 aliphatic heterocycles. The minimum absolute atomic E-state index is 0.0109. The lowest BCUT2D eigenvalue weighted by molar-refractivity contribution is 0.0695. The molecule has 2 aromatic carbocycles. The molecular weight excluding hydrogens is 290 g/mol. The van der Waals surface area contributed by atoms with Gasteiger partial charge in [-0.3, -0.25) is 0 Å². The van der Waals surface area contributed by atoms with E-state index >= 15 is 0 Å². The van der Waals surface area contributed by atoms with E-state index in [1.54, 1.807) is 0 Å². The fourth-order valence-corrected chi connectivity index (χ4v) is 1.73. The molecule has 0 atom stereocenters. The molecule has 0 aliphatic carbocycles. The summed E-state index contributed by atoms with van der Waals surface area (Å²) in [5, 5.41) is 9.05. The van der Waals surface area contributed by atoms with Crippen molar-refractivity contribution in [3.63, 3.8) is 0 Å². The van der Waals surface area contributed by atoms with Crippen molar-refractivity contribution in [3.05, 3.63) is 64.2 Å². The SMILES string of the molecule is O=C(O)c1cc(F)cc(OCc2ccc(Cl)cc2F)c1. The van der Waals surface area contributed by atoms with Crippen LogP contribution in [0.1, 0.15) is 15.9 Å². The second-order valence-corrected chi connectivity index (χ2v) is 4.44. The molecule has 0 saturated heterocycles. The normalized spacial score (nSPS) is 10.3. The molecule has 0 unspecified atom stereocenters. The fraction of sp³-hybridized carbons (Fsp3) is 0.0714. The van der Waals surface area contributed by atoms with Crippen LogP contribution in [0.15, 0.2) is 36.4 Å². The van der Waals surface area contributed by atoms with Gasteiger partial charge in [0.1, 0.15) is 24.0 Å². The number of carbonyl (C=O) groups is 1. The lowest BCUT2D eigenvalue weighted by Gasteiger charge is -2.08. The van der Waals surface area contributed by atoms with Crippen LogP contribution >= 0.6 is 11.6 Å². The van der Waals surface area contributed by atoms with Crippen LogP contribution in [0.2, 0.25) is 5.02 Å². The maximum absolute atomic E-state index is 13.5. The molecule has 0 fully saturated rings. The summed E-state index contributed by atoms with van der Waals surface area (Å²) in [6, 6.07) is 7.14. The number of benzene rings is 2. The van der Waals surface area contributed by atoms with Crippen LogP contribution in [-0.2, 0) is 6.61 Å². The number of rotatable bonds is 4. The van der Waals surface area contributed by atoms with E-state index in [0.29, 0.717) is 0 Å². The van der Waals surface area contributed by atoms with Gasteiger partial charge in [0.2, 0.25) is 0 Å². The van der Waals surface area contributed by atoms with E-state index in [-0.39, 0.29) is 28.5 Å². The molecule has 0 saturated carbocycles. The van der Waals surface area contributed by atoms with Crippen LogP contribution in [0, 0.1) is 11.6 Å². The van der Waals surface area contributed by atoms with Crippen LogP contribution in [0.3, 0.4) is 0 Å². The quantitative estimate of drug-likeness (QED) is 0.931. The van der Waals surface area contributed by atoms with Crippen LogP contribution in [0.5, 0.6) is 5.75 Å². The maximum Gasteiger partial charge on any atom is 0.335 e. The number of ether oxygens (including phenoxy) is 1. The third-order valence-corrected chi connectivity index (χ3v) is 2.76. The van der Waals surface area contributed by atoms with Gasteiger partial charge in [0, 0.05) is 16.7 Å². The molecule has 0 aromatic heterocycles. The Balaban J connectivity index is 2.16. The molecule has 0 radical (unpaired) electrons. The Bertz CT molecular complexity index is 659. The molecule has 0 aliphatic rings. The predicted molar refractivity (Wildman–Crippen MR) is 69.1 cm³/mol. The Hall–Kier alpha value is -2.14. The molecule has 20 heavy (non-hydrogen) atoms. The fourth-order valence-electron chi connectivity index (χ4n) is 1.57. The highest BCUT2D eigenvalue weighted by Crippen LogP contribution is 2.20. The molecular formula is C14H9ClF2O3. The molecule has 0 heterocycles. The van der Waals surface area contributed by atoms with E-state index in [1.807, 2.05) is 0 Å². The summed E-state index contributed by atoms with van der Waals surface area (Å²) in [6.07, 6.45) is 0. The zero-order chi connectivity index (χ0) is 14.7. The Morgan fingerprint density at radius 1 is 1.20 bits per heavy atom. The summed E-state index contributed by atoms with van der Waals surface area (Å²) < 4.78 is 31.9. The van der Waals surface area contributed by atoms with Gasteiger partial charge in [-0.25, -0.2) is 13.6 Å². The van der Waals surface area contributed by atoms with Crippen LogP contribution < -0.4 is 4.74 Å². The van der Waals surface area contributed by atoms with Crippen molar-refractivity contribution >= 4 is 17.6 Å². The Kier molecular flexibility index (Phi) is 4.20. The van der Waals surface area contributed by atoms with Crippen LogP contribution in [0.25, 0.3) is 0 Å². The van der Waals surface area contributed by atoms with Gasteiger partial charge in [0.25, 0.3) is 0 Å². The second kappa shape index (κ2) is 5.88. The first-order valence-corrected chi connectivity index (χ1v) is 5.94. The van der Waals surface area contributed by atoms with Gasteiger partial charge < -0.3 is 9.84 Å². The molecule has 2 aromatic rings. The van der Waals surface area contributed by atoms with Gasteiger partial charge in [-0.05, 0) is 24.3 Å². The van der Waals surface area contributed by atoms with Gasteiger partial charge in [-0.2, -0.15) is 0 Å². The van der Waals surface area contributed by atoms with Crippen LogP contribution in [-0.4, -0.2) is 11.1 Å². The average Bonchev–Trinajstić information content (AvgIpc) is 2.37. The Labute approximate surface area is 118 Å². The molecule has 1 N–H and O–H groups in total. The standard InChI is InChI=1S/C14H9ClF2O3/c15-10-2-1-8(13(17)5-10)7-20-12-4-9(14(18)19)3-11(16)6-12/h1-6H,7H2,(H,18,19). The summed E-state index contributed by atoms with van der Waals surface area (Å²) in [7, 11) is 0. The first-order valence-electron chi connectivity index (χ1n) is 5.56. The maximum atomic E-state index is 13.5. The number of carboxylic acid groups (broad SMARTS) is 1. The van der Waals surface area contributed by atoms with Gasteiger partial charge >= 0.3 is 5.97 Å². The summed E-state index contributed by atoms with van der Waals surface area (Å²) in [5.41, 5.74) is -0.00730. The van der Waals surface area contributed by atoms with E-state index < -0.39 is 17.6 Å². The highest BCUT2D eigenvalue weighted by atomic mass is 35.5. The van der Waals surface area contributed by atoms with Crippen molar-refractivity contribution in [1.29, 1.82) is 0 Å². The number of carboxylic acids is 1. The zero-order valence-corrected chi connectivity index (χ0v) is 10.8. The Morgan fingerprint density at radius 3 is 2.60 bits per heavy atom. The number of halogens is 3. The van der Waals surface area contributed by atoms with Gasteiger partial charge in [-0.1, -0.05) is 17.7 Å². The number of hydrogen-bond donors (Lipinski definition) is 1. The molecule has 2 rings (SSSR count). The molecule has 6 heteroatoms. The van der Waals surface area contributed by atoms with Crippen LogP contribution in [0.4, 0.5) is 8.78 Å². The highest BCUT2D eigenvalue weighted by Gasteiger charge is 2.09.